The third-order valence-corrected chi connectivity index (χ3v) is 2.81. The van der Waals surface area contributed by atoms with Crippen LogP contribution in [0.15, 0.2) is 24.3 Å². The smallest absolute Gasteiger partial charge is 0.146 e. The van der Waals surface area contributed by atoms with Crippen LogP contribution in [0, 0.1) is 5.82 Å². The topological polar surface area (TPSA) is 35.5 Å². The minimum atomic E-state index is -0.490. The maximum atomic E-state index is 13.6. The summed E-state index contributed by atoms with van der Waals surface area (Å²) in [5.41, 5.74) is 0.551. The van der Waals surface area contributed by atoms with Crippen molar-refractivity contribution in [1.29, 1.82) is 0 Å². The van der Waals surface area contributed by atoms with Gasteiger partial charge in [0.25, 0.3) is 0 Å². The molecule has 1 aromatic carbocycles. The summed E-state index contributed by atoms with van der Waals surface area (Å²) in [6.07, 6.45) is 0.549. The number of aliphatic hydroxyl groups is 1. The highest BCUT2D eigenvalue weighted by atomic mass is 19.1. The van der Waals surface area contributed by atoms with Crippen molar-refractivity contribution in [3.63, 3.8) is 0 Å². The molecule has 0 radical (unpaired) electrons. The van der Waals surface area contributed by atoms with Crippen LogP contribution in [0.25, 0.3) is 0 Å². The summed E-state index contributed by atoms with van der Waals surface area (Å²) < 4.78 is 13.6. The Kier molecular flexibility index (Phi) is 6.68. The predicted octanol–water partition coefficient (Wildman–Crippen LogP) is 2.01. The van der Waals surface area contributed by atoms with E-state index in [0.717, 1.165) is 13.0 Å². The molecule has 0 heterocycles. The molecule has 2 N–H and O–H groups in total. The van der Waals surface area contributed by atoms with Gasteiger partial charge in [0.2, 0.25) is 0 Å². The highest BCUT2D eigenvalue weighted by Gasteiger charge is 2.13. The first-order valence-corrected chi connectivity index (χ1v) is 6.57. The summed E-state index contributed by atoms with van der Waals surface area (Å²) >= 11 is 0. The first-order valence-electron chi connectivity index (χ1n) is 6.57. The maximum Gasteiger partial charge on any atom is 0.146 e. The van der Waals surface area contributed by atoms with Crippen LogP contribution in [0.3, 0.4) is 0 Å². The highest BCUT2D eigenvalue weighted by molar-refractivity contribution is 5.47. The van der Waals surface area contributed by atoms with Crippen molar-refractivity contribution in [2.24, 2.45) is 0 Å². The molecule has 0 amide bonds. The van der Waals surface area contributed by atoms with Gasteiger partial charge in [-0.05, 0) is 32.0 Å². The fourth-order valence-electron chi connectivity index (χ4n) is 1.87. The van der Waals surface area contributed by atoms with Gasteiger partial charge in [0.15, 0.2) is 0 Å². The van der Waals surface area contributed by atoms with E-state index in [1.165, 1.54) is 6.07 Å². The average Bonchev–Trinajstić information content (AvgIpc) is 2.37. The first kappa shape index (κ1) is 14.9. The van der Waals surface area contributed by atoms with Gasteiger partial charge in [-0.3, -0.25) is 0 Å². The number of hydrogen-bond acceptors (Lipinski definition) is 3. The Hall–Kier alpha value is -1.13. The molecule has 0 bridgehead atoms. The zero-order valence-corrected chi connectivity index (χ0v) is 11.2. The Balaban J connectivity index is 2.54. The minimum Gasteiger partial charge on any atom is -0.390 e. The van der Waals surface area contributed by atoms with Crippen molar-refractivity contribution in [1.82, 2.24) is 5.32 Å². The number of halogens is 1. The highest BCUT2D eigenvalue weighted by Crippen LogP contribution is 2.18. The number of nitrogens with zero attached hydrogens (tertiary/aromatic N) is 1. The SMILES string of the molecule is CCCNCC(O)CN(CC)c1ccccc1F. The summed E-state index contributed by atoms with van der Waals surface area (Å²) in [7, 11) is 0. The standard InChI is InChI=1S/C14H23FN2O/c1-3-9-16-10-12(18)11-17(4-2)14-8-6-5-7-13(14)15/h5-8,12,16,18H,3-4,9-11H2,1-2H3. The molecule has 0 aliphatic carbocycles. The van der Waals surface area contributed by atoms with E-state index in [4.69, 9.17) is 0 Å². The van der Waals surface area contributed by atoms with Crippen molar-refractivity contribution in [3.05, 3.63) is 30.1 Å². The fraction of sp³-hybridized carbons (Fsp3) is 0.571. The van der Waals surface area contributed by atoms with Gasteiger partial charge in [0.1, 0.15) is 5.82 Å². The lowest BCUT2D eigenvalue weighted by molar-refractivity contribution is 0.177. The van der Waals surface area contributed by atoms with Crippen LogP contribution >= 0.6 is 0 Å². The summed E-state index contributed by atoms with van der Waals surface area (Å²) in [5, 5.41) is 13.1. The Labute approximate surface area is 109 Å². The molecule has 1 rings (SSSR count). The second kappa shape index (κ2) is 8.06. The van der Waals surface area contributed by atoms with Gasteiger partial charge in [-0.15, -0.1) is 0 Å². The quantitative estimate of drug-likeness (QED) is 0.697. The largest absolute Gasteiger partial charge is 0.390 e. The van der Waals surface area contributed by atoms with Crippen LogP contribution in [0.5, 0.6) is 0 Å². The number of aliphatic hydroxyl groups excluding tert-OH is 1. The van der Waals surface area contributed by atoms with Gasteiger partial charge in [-0.2, -0.15) is 0 Å². The zero-order valence-electron chi connectivity index (χ0n) is 11.2. The fourth-order valence-corrected chi connectivity index (χ4v) is 1.87. The number of anilines is 1. The third kappa shape index (κ3) is 4.63. The summed E-state index contributed by atoms with van der Waals surface area (Å²) in [6.45, 7) is 6.58. The Morgan fingerprint density at radius 2 is 2.06 bits per heavy atom. The average molecular weight is 254 g/mol. The molecule has 3 nitrogen and oxygen atoms in total. The van der Waals surface area contributed by atoms with E-state index < -0.39 is 6.10 Å². The zero-order chi connectivity index (χ0) is 13.4. The molecule has 0 saturated heterocycles. The molecule has 1 aromatic rings. The van der Waals surface area contributed by atoms with Crippen LogP contribution in [0.1, 0.15) is 20.3 Å². The number of benzene rings is 1. The lowest BCUT2D eigenvalue weighted by atomic mass is 10.2. The second-order valence-corrected chi connectivity index (χ2v) is 4.35. The van der Waals surface area contributed by atoms with Crippen molar-refractivity contribution >= 4 is 5.69 Å². The number of likely N-dealkylation sites (N-methyl/N-ethyl adjacent to an activating group) is 1. The van der Waals surface area contributed by atoms with Gasteiger partial charge in [-0.1, -0.05) is 19.1 Å². The molecule has 0 spiro atoms. The van der Waals surface area contributed by atoms with Crippen molar-refractivity contribution < 1.29 is 9.50 Å². The molecule has 1 unspecified atom stereocenters. The van der Waals surface area contributed by atoms with Crippen LogP contribution in [-0.2, 0) is 0 Å². The molecule has 0 aliphatic rings. The molecule has 4 heteroatoms. The second-order valence-electron chi connectivity index (χ2n) is 4.35. The lowest BCUT2D eigenvalue weighted by Crippen LogP contribution is -2.39. The Bertz CT molecular complexity index is 346. The van der Waals surface area contributed by atoms with E-state index in [1.54, 1.807) is 12.1 Å². The number of rotatable bonds is 8. The predicted molar refractivity (Wildman–Crippen MR) is 73.5 cm³/mol. The van der Waals surface area contributed by atoms with E-state index in [1.807, 2.05) is 17.9 Å². The van der Waals surface area contributed by atoms with Crippen molar-refractivity contribution in [3.8, 4) is 0 Å². The molecule has 1 atom stereocenters. The Morgan fingerprint density at radius 3 is 2.67 bits per heavy atom. The minimum absolute atomic E-state index is 0.243. The summed E-state index contributed by atoms with van der Waals surface area (Å²) in [5.74, 6) is -0.243. The number of nitrogens with one attached hydrogen (secondary N) is 1. The van der Waals surface area contributed by atoms with Crippen LogP contribution in [0.4, 0.5) is 10.1 Å². The molecule has 0 fully saturated rings. The lowest BCUT2D eigenvalue weighted by Gasteiger charge is -2.26. The molecule has 18 heavy (non-hydrogen) atoms. The van der Waals surface area contributed by atoms with Gasteiger partial charge < -0.3 is 15.3 Å². The molecular weight excluding hydrogens is 231 g/mol. The normalized spacial score (nSPS) is 12.4. The van der Waals surface area contributed by atoms with E-state index in [9.17, 15) is 9.50 Å². The van der Waals surface area contributed by atoms with E-state index in [2.05, 4.69) is 12.2 Å². The number of hydrogen-bond donors (Lipinski definition) is 2. The number of para-hydroxylation sites is 1. The van der Waals surface area contributed by atoms with Crippen molar-refractivity contribution in [2.45, 2.75) is 26.4 Å². The van der Waals surface area contributed by atoms with E-state index in [-0.39, 0.29) is 5.82 Å². The first-order chi connectivity index (χ1) is 8.69. The van der Waals surface area contributed by atoms with E-state index >= 15 is 0 Å². The van der Waals surface area contributed by atoms with Gasteiger partial charge >= 0.3 is 0 Å². The molecule has 0 aliphatic heterocycles. The Morgan fingerprint density at radius 1 is 1.33 bits per heavy atom. The molecule has 0 saturated carbocycles. The van der Waals surface area contributed by atoms with E-state index in [0.29, 0.717) is 25.3 Å². The molecular formula is C14H23FN2O. The summed E-state index contributed by atoms with van der Waals surface area (Å²) in [4.78, 5) is 1.85. The van der Waals surface area contributed by atoms with Crippen molar-refractivity contribution in [2.75, 3.05) is 31.1 Å². The van der Waals surface area contributed by atoms with Crippen LogP contribution in [0.2, 0.25) is 0 Å². The van der Waals surface area contributed by atoms with Crippen LogP contribution in [-0.4, -0.2) is 37.4 Å². The van der Waals surface area contributed by atoms with Gasteiger partial charge in [0, 0.05) is 19.6 Å². The maximum absolute atomic E-state index is 13.6. The van der Waals surface area contributed by atoms with Crippen LogP contribution < -0.4 is 10.2 Å². The molecule has 102 valence electrons. The van der Waals surface area contributed by atoms with Gasteiger partial charge in [-0.25, -0.2) is 4.39 Å². The monoisotopic (exact) mass is 254 g/mol. The third-order valence-electron chi connectivity index (χ3n) is 2.81. The summed E-state index contributed by atoms with van der Waals surface area (Å²) in [6, 6.07) is 6.67. The molecule has 0 aromatic heterocycles. The van der Waals surface area contributed by atoms with Gasteiger partial charge in [0.05, 0.1) is 11.8 Å².